The lowest BCUT2D eigenvalue weighted by Gasteiger charge is -2.10. The summed E-state index contributed by atoms with van der Waals surface area (Å²) in [4.78, 5) is 50.1. The van der Waals surface area contributed by atoms with Gasteiger partial charge in [-0.2, -0.15) is 0 Å². The quantitative estimate of drug-likeness (QED) is 0.768. The second kappa shape index (κ2) is 6.06. The second-order valence-electron chi connectivity index (χ2n) is 5.20. The lowest BCUT2D eigenvalue weighted by molar-refractivity contribution is -0.137. The normalized spacial score (nSPS) is 20.2. The van der Waals surface area contributed by atoms with Crippen LogP contribution in [0.2, 0.25) is 0 Å². The summed E-state index contributed by atoms with van der Waals surface area (Å²) in [6.45, 7) is -0.216. The molecule has 3 rings (SSSR count). The Morgan fingerprint density at radius 3 is 2.62 bits per heavy atom. The highest BCUT2D eigenvalue weighted by molar-refractivity contribution is 9.10. The first-order valence-corrected chi connectivity index (χ1v) is 8.50. The fourth-order valence-electron chi connectivity index (χ4n) is 2.56. The third-order valence-corrected chi connectivity index (χ3v) is 5.20. The van der Waals surface area contributed by atoms with Gasteiger partial charge in [0.1, 0.15) is 0 Å². The summed E-state index contributed by atoms with van der Waals surface area (Å²) in [6, 6.07) is 5.25. The summed E-state index contributed by atoms with van der Waals surface area (Å²) in [7, 11) is 1.59. The van der Waals surface area contributed by atoms with Gasteiger partial charge in [-0.1, -0.05) is 15.9 Å². The van der Waals surface area contributed by atoms with E-state index in [9.17, 15) is 19.2 Å². The molecule has 124 valence electrons. The predicted octanol–water partition coefficient (Wildman–Crippen LogP) is 2.31. The number of hydrogen-bond acceptors (Lipinski definition) is 5. The number of likely N-dealkylation sites (N-methyl/N-ethyl adjacent to an activating group) is 1. The fourth-order valence-corrected chi connectivity index (χ4v) is 3.88. The molecule has 0 aromatic heterocycles. The third-order valence-electron chi connectivity index (χ3n) is 3.73. The molecular formula is C15H11BrN2O5S. The number of nitrogens with zero attached hydrogens (tertiary/aromatic N) is 2. The van der Waals surface area contributed by atoms with Gasteiger partial charge in [-0.15, -0.1) is 0 Å². The molecule has 1 aromatic carbocycles. The molecule has 2 aliphatic rings. The number of carboxylic acids is 1. The number of carbonyl (C=O) groups is 4. The number of fused-ring (bicyclic) bond motifs is 1. The molecule has 0 radical (unpaired) electrons. The number of thioether (sulfide) groups is 1. The van der Waals surface area contributed by atoms with Crippen molar-refractivity contribution in [1.82, 2.24) is 4.90 Å². The van der Waals surface area contributed by atoms with E-state index in [4.69, 9.17) is 5.11 Å². The molecule has 3 amide bonds. The molecule has 0 spiro atoms. The first kappa shape index (κ1) is 16.7. The molecule has 7 nitrogen and oxygen atoms in total. The second-order valence-corrected chi connectivity index (χ2v) is 7.08. The Balaban J connectivity index is 2.06. The Bertz CT molecular complexity index is 835. The maximum absolute atomic E-state index is 12.5. The number of anilines is 1. The van der Waals surface area contributed by atoms with E-state index >= 15 is 0 Å². The van der Waals surface area contributed by atoms with Crippen LogP contribution >= 0.6 is 27.7 Å². The predicted molar refractivity (Wildman–Crippen MR) is 91.4 cm³/mol. The lowest BCUT2D eigenvalue weighted by Crippen LogP contribution is -2.31. The van der Waals surface area contributed by atoms with Gasteiger partial charge < -0.3 is 10.0 Å². The van der Waals surface area contributed by atoms with Crippen LogP contribution in [-0.2, 0) is 14.4 Å². The van der Waals surface area contributed by atoms with E-state index in [1.807, 2.05) is 0 Å². The molecule has 0 aliphatic carbocycles. The number of carboxylic acid groups (broad SMARTS) is 1. The van der Waals surface area contributed by atoms with Gasteiger partial charge in [0.15, 0.2) is 0 Å². The van der Waals surface area contributed by atoms with Gasteiger partial charge in [-0.05, 0) is 30.0 Å². The molecule has 2 heterocycles. The van der Waals surface area contributed by atoms with E-state index in [1.54, 1.807) is 25.2 Å². The first-order valence-electron chi connectivity index (χ1n) is 6.89. The van der Waals surface area contributed by atoms with Crippen molar-refractivity contribution in [3.63, 3.8) is 0 Å². The van der Waals surface area contributed by atoms with Gasteiger partial charge in [0.25, 0.3) is 17.1 Å². The van der Waals surface area contributed by atoms with Crippen molar-refractivity contribution >= 4 is 62.0 Å². The minimum absolute atomic E-state index is 0.0408. The Kier molecular flexibility index (Phi) is 4.22. The molecule has 24 heavy (non-hydrogen) atoms. The van der Waals surface area contributed by atoms with Crippen molar-refractivity contribution in [2.24, 2.45) is 0 Å². The summed E-state index contributed by atoms with van der Waals surface area (Å²) in [6.07, 6.45) is -0.337. The number of benzene rings is 1. The molecule has 1 N–H and O–H groups in total. The number of imide groups is 1. The zero-order chi connectivity index (χ0) is 17.6. The Labute approximate surface area is 149 Å². The van der Waals surface area contributed by atoms with E-state index in [0.717, 1.165) is 9.37 Å². The van der Waals surface area contributed by atoms with Crippen molar-refractivity contribution < 1.29 is 24.3 Å². The molecule has 2 aliphatic heterocycles. The molecule has 9 heteroatoms. The maximum Gasteiger partial charge on any atom is 0.305 e. The van der Waals surface area contributed by atoms with Gasteiger partial charge in [0, 0.05) is 23.6 Å². The Morgan fingerprint density at radius 2 is 1.96 bits per heavy atom. The van der Waals surface area contributed by atoms with Crippen molar-refractivity contribution in [1.29, 1.82) is 0 Å². The maximum atomic E-state index is 12.5. The van der Waals surface area contributed by atoms with Crippen molar-refractivity contribution in [3.05, 3.63) is 33.1 Å². The minimum atomic E-state index is -1.10. The largest absolute Gasteiger partial charge is 0.481 e. The molecular weight excluding hydrogens is 400 g/mol. The summed E-state index contributed by atoms with van der Waals surface area (Å²) in [5.41, 5.74) is 1.39. The highest BCUT2D eigenvalue weighted by atomic mass is 79.9. The van der Waals surface area contributed by atoms with Crippen LogP contribution in [0.3, 0.4) is 0 Å². The van der Waals surface area contributed by atoms with E-state index in [1.165, 1.54) is 4.90 Å². The van der Waals surface area contributed by atoms with Crippen molar-refractivity contribution in [2.75, 3.05) is 18.5 Å². The molecule has 1 fully saturated rings. The van der Waals surface area contributed by atoms with Gasteiger partial charge in [0.05, 0.1) is 22.6 Å². The number of rotatable bonds is 3. The highest BCUT2D eigenvalue weighted by Gasteiger charge is 2.42. The molecule has 0 unspecified atom stereocenters. The smallest absolute Gasteiger partial charge is 0.305 e. The zero-order valence-electron chi connectivity index (χ0n) is 12.4. The van der Waals surface area contributed by atoms with E-state index in [-0.39, 0.29) is 29.4 Å². The third kappa shape index (κ3) is 2.63. The lowest BCUT2D eigenvalue weighted by atomic mass is 10.1. The van der Waals surface area contributed by atoms with Gasteiger partial charge >= 0.3 is 5.97 Å². The Morgan fingerprint density at radius 1 is 1.25 bits per heavy atom. The van der Waals surface area contributed by atoms with Crippen LogP contribution in [0.15, 0.2) is 27.6 Å². The molecule has 0 atom stereocenters. The van der Waals surface area contributed by atoms with E-state index in [2.05, 4.69) is 15.9 Å². The highest BCUT2D eigenvalue weighted by Crippen LogP contribution is 2.44. The molecule has 0 saturated carbocycles. The number of halogens is 1. The van der Waals surface area contributed by atoms with Crippen LogP contribution in [0.1, 0.15) is 12.0 Å². The van der Waals surface area contributed by atoms with Crippen molar-refractivity contribution in [2.45, 2.75) is 6.42 Å². The van der Waals surface area contributed by atoms with Gasteiger partial charge in [0.2, 0.25) is 0 Å². The van der Waals surface area contributed by atoms with Crippen LogP contribution in [0.4, 0.5) is 10.5 Å². The SMILES string of the molecule is CN1C(=O)C(=C2SC(=O)N(CCC(=O)O)C2=O)c2cc(Br)ccc21. The minimum Gasteiger partial charge on any atom is -0.481 e. The molecule has 0 bridgehead atoms. The van der Waals surface area contributed by atoms with Crippen LogP contribution in [0.5, 0.6) is 0 Å². The number of amides is 3. The molecule has 1 saturated heterocycles. The van der Waals surface area contributed by atoms with Crippen LogP contribution in [0, 0.1) is 0 Å². The van der Waals surface area contributed by atoms with Gasteiger partial charge in [-0.25, -0.2) is 0 Å². The summed E-state index contributed by atoms with van der Waals surface area (Å²) in [5.74, 6) is -2.10. The molecule has 1 aromatic rings. The van der Waals surface area contributed by atoms with E-state index < -0.39 is 17.1 Å². The van der Waals surface area contributed by atoms with Crippen LogP contribution < -0.4 is 4.90 Å². The summed E-state index contributed by atoms with van der Waals surface area (Å²) < 4.78 is 0.743. The zero-order valence-corrected chi connectivity index (χ0v) is 14.8. The fraction of sp³-hybridized carbons (Fsp3) is 0.200. The summed E-state index contributed by atoms with van der Waals surface area (Å²) in [5, 5.41) is 8.16. The Hall–Kier alpha value is -2.13. The average Bonchev–Trinajstić information content (AvgIpc) is 2.92. The van der Waals surface area contributed by atoms with Gasteiger partial charge in [-0.3, -0.25) is 24.1 Å². The standard InChI is InChI=1S/C15H11BrN2O5S/c1-17-9-3-2-7(16)6-8(9)11(13(17)21)12-14(22)18(15(23)24-12)5-4-10(19)20/h2-3,6H,4-5H2,1H3,(H,19,20). The topological polar surface area (TPSA) is 95.0 Å². The van der Waals surface area contributed by atoms with Crippen LogP contribution in [-0.4, -0.2) is 46.6 Å². The average molecular weight is 411 g/mol. The van der Waals surface area contributed by atoms with Crippen LogP contribution in [0.25, 0.3) is 5.57 Å². The van der Waals surface area contributed by atoms with E-state index in [0.29, 0.717) is 23.0 Å². The number of carbonyl (C=O) groups excluding carboxylic acids is 3. The number of hydrogen-bond donors (Lipinski definition) is 1. The number of aliphatic carboxylic acids is 1. The van der Waals surface area contributed by atoms with Crippen molar-refractivity contribution in [3.8, 4) is 0 Å². The summed E-state index contributed by atoms with van der Waals surface area (Å²) >= 11 is 4.00. The monoisotopic (exact) mass is 410 g/mol. The first-order chi connectivity index (χ1) is 11.3.